The number of anilines is 2. The molecule has 0 atom stereocenters. The van der Waals surface area contributed by atoms with Crippen LogP contribution in [0.4, 0.5) is 20.3 Å². The number of hydrogen-bond acceptors (Lipinski definition) is 6. The highest BCUT2D eigenvalue weighted by Crippen LogP contribution is 2.33. The summed E-state index contributed by atoms with van der Waals surface area (Å²) in [6, 6.07) is 8.12. The number of aromatic nitrogens is 5. The lowest BCUT2D eigenvalue weighted by atomic mass is 10.1. The fourth-order valence-electron chi connectivity index (χ4n) is 4.04. The fraction of sp³-hybridized carbons (Fsp3) is 0.261. The molecule has 13 heteroatoms. The number of fused-ring (bicyclic) bond motifs is 1. The number of nitrogens with zero attached hydrogens (tertiary/aromatic N) is 6. The summed E-state index contributed by atoms with van der Waals surface area (Å²) in [5.41, 5.74) is 1.71. The van der Waals surface area contributed by atoms with Crippen LogP contribution in [0.1, 0.15) is 33.5 Å². The fourth-order valence-corrected chi connectivity index (χ4v) is 4.24. The van der Waals surface area contributed by atoms with Crippen LogP contribution in [-0.2, 0) is 0 Å². The zero-order chi connectivity index (χ0) is 25.6. The number of halogens is 3. The minimum absolute atomic E-state index is 0.00243. The Morgan fingerprint density at radius 1 is 1.17 bits per heavy atom. The van der Waals surface area contributed by atoms with Crippen molar-refractivity contribution in [2.45, 2.75) is 19.8 Å². The lowest BCUT2D eigenvalue weighted by Gasteiger charge is -2.38. The zero-order valence-electron chi connectivity index (χ0n) is 19.3. The van der Waals surface area contributed by atoms with Gasteiger partial charge < -0.3 is 15.5 Å². The molecule has 1 fully saturated rings. The van der Waals surface area contributed by atoms with E-state index in [0.717, 1.165) is 0 Å². The molecule has 2 amide bonds. The smallest absolute Gasteiger partial charge is 0.282 e. The lowest BCUT2D eigenvalue weighted by molar-refractivity contribution is -0.0267. The van der Waals surface area contributed by atoms with Crippen LogP contribution in [0.15, 0.2) is 42.7 Å². The monoisotopic (exact) mass is 514 g/mol. The van der Waals surface area contributed by atoms with Crippen molar-refractivity contribution in [3.05, 3.63) is 64.7 Å². The molecule has 1 aliphatic rings. The molecule has 5 rings (SSSR count). The van der Waals surface area contributed by atoms with Crippen LogP contribution in [0.2, 0.25) is 5.02 Å². The van der Waals surface area contributed by atoms with E-state index in [1.54, 1.807) is 44.3 Å². The Labute approximate surface area is 208 Å². The quantitative estimate of drug-likeness (QED) is 0.408. The Kier molecular flexibility index (Phi) is 5.83. The van der Waals surface area contributed by atoms with Gasteiger partial charge in [-0.05, 0) is 43.7 Å². The number of carbonyl (C=O) groups excluding carboxylic acids is 2. The predicted molar refractivity (Wildman–Crippen MR) is 129 cm³/mol. The van der Waals surface area contributed by atoms with Gasteiger partial charge in [-0.2, -0.15) is 5.10 Å². The van der Waals surface area contributed by atoms with Crippen molar-refractivity contribution >= 4 is 40.4 Å². The zero-order valence-corrected chi connectivity index (χ0v) is 20.1. The van der Waals surface area contributed by atoms with E-state index >= 15 is 0 Å². The van der Waals surface area contributed by atoms with E-state index in [1.807, 2.05) is 0 Å². The van der Waals surface area contributed by atoms with Crippen LogP contribution < -0.4 is 15.5 Å². The Hall–Kier alpha value is -4.06. The van der Waals surface area contributed by atoms with Crippen molar-refractivity contribution in [1.29, 1.82) is 0 Å². The second-order valence-electron chi connectivity index (χ2n) is 8.35. The third kappa shape index (κ3) is 4.13. The third-order valence-electron chi connectivity index (χ3n) is 5.71. The van der Waals surface area contributed by atoms with Crippen molar-refractivity contribution in [3.63, 3.8) is 0 Å². The first-order valence-electron chi connectivity index (χ1n) is 11.1. The van der Waals surface area contributed by atoms with E-state index < -0.39 is 30.8 Å². The molecule has 4 aromatic rings. The van der Waals surface area contributed by atoms with Gasteiger partial charge in [-0.25, -0.2) is 23.0 Å². The predicted octanol–water partition coefficient (Wildman–Crippen LogP) is 3.33. The van der Waals surface area contributed by atoms with Crippen LogP contribution >= 0.6 is 11.6 Å². The van der Waals surface area contributed by atoms with Crippen LogP contribution in [0.3, 0.4) is 0 Å². The van der Waals surface area contributed by atoms with Gasteiger partial charge in [-0.3, -0.25) is 9.59 Å². The van der Waals surface area contributed by atoms with Gasteiger partial charge in [-0.1, -0.05) is 11.6 Å². The number of amides is 2. The molecule has 1 aliphatic heterocycles. The van der Waals surface area contributed by atoms with Crippen LogP contribution in [0.5, 0.6) is 0 Å². The Morgan fingerprint density at radius 3 is 2.64 bits per heavy atom. The lowest BCUT2D eigenvalue weighted by Crippen LogP contribution is -2.56. The Balaban J connectivity index is 1.58. The van der Waals surface area contributed by atoms with Crippen molar-refractivity contribution in [2.24, 2.45) is 0 Å². The summed E-state index contributed by atoms with van der Waals surface area (Å²) in [5.74, 6) is -3.55. The molecule has 10 nitrogen and oxygen atoms in total. The highest BCUT2D eigenvalue weighted by atomic mass is 35.5. The second-order valence-corrected chi connectivity index (χ2v) is 8.76. The minimum Gasteiger partial charge on any atom is -0.351 e. The maximum absolute atomic E-state index is 13.6. The Morgan fingerprint density at radius 2 is 1.94 bits per heavy atom. The molecule has 0 bridgehead atoms. The minimum atomic E-state index is -2.83. The first-order chi connectivity index (χ1) is 17.2. The molecule has 0 unspecified atom stereocenters. The number of alkyl halides is 2. The third-order valence-corrected chi connectivity index (χ3v) is 6.00. The number of hydrogen-bond donors (Lipinski definition) is 2. The van der Waals surface area contributed by atoms with Gasteiger partial charge in [0.15, 0.2) is 17.3 Å². The van der Waals surface area contributed by atoms with Crippen molar-refractivity contribution in [2.75, 3.05) is 29.9 Å². The highest BCUT2D eigenvalue weighted by molar-refractivity contribution is 6.32. The van der Waals surface area contributed by atoms with Gasteiger partial charge in [0.2, 0.25) is 0 Å². The van der Waals surface area contributed by atoms with Crippen LogP contribution in [0, 0.1) is 6.92 Å². The van der Waals surface area contributed by atoms with Gasteiger partial charge in [0.05, 0.1) is 35.5 Å². The molecule has 2 N–H and O–H groups in total. The van der Waals surface area contributed by atoms with Crippen molar-refractivity contribution in [3.8, 4) is 5.82 Å². The van der Waals surface area contributed by atoms with Crippen molar-refractivity contribution < 1.29 is 18.4 Å². The standard InChI is InChI=1S/C23H21ClF2N8O2/c1-3-27-22(36)19-18(13(2)9-14-6-8-29-33(14)19)30-21(35)16-10-17(32-11-23(25,26)12-32)31-34(16)20-15(24)5-4-7-28-20/h4-10H,3,11-12H2,1-2H3,(H,27,36)(H,30,35). The molecule has 36 heavy (non-hydrogen) atoms. The normalized spacial score (nSPS) is 14.5. The average molecular weight is 515 g/mol. The Bertz CT molecular complexity index is 1490. The maximum Gasteiger partial charge on any atom is 0.282 e. The molecule has 0 saturated carbocycles. The molecule has 186 valence electrons. The van der Waals surface area contributed by atoms with E-state index in [2.05, 4.69) is 25.8 Å². The number of pyridine rings is 2. The first-order valence-corrected chi connectivity index (χ1v) is 11.5. The van der Waals surface area contributed by atoms with Crippen molar-refractivity contribution in [1.82, 2.24) is 29.7 Å². The molecule has 1 saturated heterocycles. The molecular formula is C23H21ClF2N8O2. The van der Waals surface area contributed by atoms with E-state index in [9.17, 15) is 18.4 Å². The molecule has 5 heterocycles. The van der Waals surface area contributed by atoms with Gasteiger partial charge in [-0.15, -0.1) is 5.10 Å². The van der Waals surface area contributed by atoms with Crippen LogP contribution in [-0.4, -0.2) is 61.7 Å². The number of nitrogens with one attached hydrogen (secondary N) is 2. The summed E-state index contributed by atoms with van der Waals surface area (Å²) >= 11 is 6.30. The summed E-state index contributed by atoms with van der Waals surface area (Å²) in [4.78, 5) is 32.1. The number of carbonyl (C=O) groups is 2. The molecule has 4 aromatic heterocycles. The summed E-state index contributed by atoms with van der Waals surface area (Å²) < 4.78 is 29.7. The van der Waals surface area contributed by atoms with Crippen LogP contribution in [0.25, 0.3) is 11.3 Å². The highest BCUT2D eigenvalue weighted by Gasteiger charge is 2.45. The molecule has 0 aliphatic carbocycles. The summed E-state index contributed by atoms with van der Waals surface area (Å²) in [6.45, 7) is 2.88. The average Bonchev–Trinajstić information content (AvgIpc) is 3.45. The molecule has 0 radical (unpaired) electrons. The molecular weight excluding hydrogens is 494 g/mol. The van der Waals surface area contributed by atoms with E-state index in [-0.39, 0.29) is 33.7 Å². The summed E-state index contributed by atoms with van der Waals surface area (Å²) in [5, 5.41) is 14.3. The number of aryl methyl sites for hydroxylation is 1. The van der Waals surface area contributed by atoms with Gasteiger partial charge in [0.25, 0.3) is 17.7 Å². The van der Waals surface area contributed by atoms with E-state index in [4.69, 9.17) is 11.6 Å². The second kappa shape index (κ2) is 8.86. The largest absolute Gasteiger partial charge is 0.351 e. The van der Waals surface area contributed by atoms with E-state index in [1.165, 1.54) is 26.4 Å². The summed E-state index contributed by atoms with van der Waals surface area (Å²) in [6.07, 6.45) is 3.03. The summed E-state index contributed by atoms with van der Waals surface area (Å²) in [7, 11) is 0. The van der Waals surface area contributed by atoms with Gasteiger partial charge in [0.1, 0.15) is 5.69 Å². The van der Waals surface area contributed by atoms with Gasteiger partial charge in [0, 0.05) is 18.8 Å². The maximum atomic E-state index is 13.6. The first kappa shape index (κ1) is 23.7. The number of rotatable bonds is 6. The molecule has 0 spiro atoms. The molecule has 0 aromatic carbocycles. The topological polar surface area (TPSA) is 109 Å². The SMILES string of the molecule is CCNC(=O)c1c(NC(=O)c2cc(N3CC(F)(F)C3)nn2-c2ncccc2Cl)c(C)cc2ccnn12. The van der Waals surface area contributed by atoms with E-state index in [0.29, 0.717) is 17.6 Å². The van der Waals surface area contributed by atoms with Gasteiger partial charge >= 0.3 is 0 Å².